The predicted molar refractivity (Wildman–Crippen MR) is 92.5 cm³/mol. The zero-order valence-electron chi connectivity index (χ0n) is 13.8. The lowest BCUT2D eigenvalue weighted by molar-refractivity contribution is -0.122. The Morgan fingerprint density at radius 3 is 2.29 bits per heavy atom. The van der Waals surface area contributed by atoms with Crippen molar-refractivity contribution in [2.75, 3.05) is 17.7 Å². The number of amides is 2. The van der Waals surface area contributed by atoms with Gasteiger partial charge in [0.1, 0.15) is 11.5 Å². The molecule has 0 spiro atoms. The van der Waals surface area contributed by atoms with E-state index in [1.165, 1.54) is 6.92 Å². The van der Waals surface area contributed by atoms with Gasteiger partial charge < -0.3 is 20.1 Å². The first-order valence-corrected chi connectivity index (χ1v) is 7.47. The molecule has 0 saturated heterocycles. The Balaban J connectivity index is 1.94. The number of carbonyl (C=O) groups is 2. The first-order chi connectivity index (χ1) is 11.5. The highest BCUT2D eigenvalue weighted by atomic mass is 16.5. The Labute approximate surface area is 140 Å². The van der Waals surface area contributed by atoms with Crippen molar-refractivity contribution in [3.63, 3.8) is 0 Å². The van der Waals surface area contributed by atoms with Crippen LogP contribution in [0.1, 0.15) is 13.8 Å². The minimum absolute atomic E-state index is 0.144. The van der Waals surface area contributed by atoms with Crippen molar-refractivity contribution in [2.24, 2.45) is 0 Å². The van der Waals surface area contributed by atoms with Crippen LogP contribution in [-0.4, -0.2) is 25.0 Å². The van der Waals surface area contributed by atoms with E-state index in [0.717, 1.165) is 0 Å². The highest BCUT2D eigenvalue weighted by Crippen LogP contribution is 2.19. The number of ether oxygens (including phenoxy) is 2. The molecule has 0 bridgehead atoms. The molecule has 2 rings (SSSR count). The summed E-state index contributed by atoms with van der Waals surface area (Å²) in [5.41, 5.74) is 1.30. The van der Waals surface area contributed by atoms with Crippen LogP contribution in [0.2, 0.25) is 0 Å². The Morgan fingerprint density at radius 2 is 1.67 bits per heavy atom. The van der Waals surface area contributed by atoms with Crippen LogP contribution in [0, 0.1) is 0 Å². The van der Waals surface area contributed by atoms with E-state index >= 15 is 0 Å². The highest BCUT2D eigenvalue weighted by Gasteiger charge is 2.15. The molecule has 0 aliphatic rings. The molecule has 2 amide bonds. The molecule has 6 heteroatoms. The minimum atomic E-state index is -0.678. The summed E-state index contributed by atoms with van der Waals surface area (Å²) in [6, 6.07) is 13.9. The molecular weight excluding hydrogens is 308 g/mol. The molecule has 2 N–H and O–H groups in total. The molecule has 126 valence electrons. The van der Waals surface area contributed by atoms with Crippen molar-refractivity contribution in [1.29, 1.82) is 0 Å². The monoisotopic (exact) mass is 328 g/mol. The molecule has 2 aromatic carbocycles. The van der Waals surface area contributed by atoms with Gasteiger partial charge in [-0.2, -0.15) is 0 Å². The van der Waals surface area contributed by atoms with Gasteiger partial charge >= 0.3 is 0 Å². The Kier molecular flexibility index (Phi) is 5.78. The van der Waals surface area contributed by atoms with Crippen molar-refractivity contribution in [3.8, 4) is 11.5 Å². The molecule has 6 nitrogen and oxygen atoms in total. The molecule has 0 radical (unpaired) electrons. The average Bonchev–Trinajstić information content (AvgIpc) is 2.56. The van der Waals surface area contributed by atoms with Gasteiger partial charge in [0.15, 0.2) is 6.10 Å². The summed E-state index contributed by atoms with van der Waals surface area (Å²) in [5, 5.41) is 5.44. The molecular formula is C18H20N2O4. The van der Waals surface area contributed by atoms with Crippen LogP contribution < -0.4 is 20.1 Å². The number of benzene rings is 2. The van der Waals surface area contributed by atoms with E-state index in [4.69, 9.17) is 9.47 Å². The second kappa shape index (κ2) is 8.01. The maximum absolute atomic E-state index is 12.2. The number of rotatable bonds is 6. The van der Waals surface area contributed by atoms with Gasteiger partial charge in [0.05, 0.1) is 7.11 Å². The van der Waals surface area contributed by atoms with E-state index in [9.17, 15) is 9.59 Å². The zero-order valence-corrected chi connectivity index (χ0v) is 13.8. The molecule has 0 fully saturated rings. The number of anilines is 2. The molecule has 0 aromatic heterocycles. The number of hydrogen-bond donors (Lipinski definition) is 2. The van der Waals surface area contributed by atoms with E-state index in [0.29, 0.717) is 22.9 Å². The molecule has 0 aliphatic heterocycles. The van der Waals surface area contributed by atoms with Gasteiger partial charge in [-0.15, -0.1) is 0 Å². The maximum Gasteiger partial charge on any atom is 0.265 e. The second-order valence-corrected chi connectivity index (χ2v) is 5.19. The lowest BCUT2D eigenvalue weighted by Gasteiger charge is -2.15. The van der Waals surface area contributed by atoms with E-state index in [1.807, 2.05) is 0 Å². The lowest BCUT2D eigenvalue weighted by Crippen LogP contribution is -2.30. The summed E-state index contributed by atoms with van der Waals surface area (Å²) in [6.45, 7) is 3.10. The van der Waals surface area contributed by atoms with Crippen molar-refractivity contribution in [1.82, 2.24) is 0 Å². The zero-order chi connectivity index (χ0) is 17.5. The van der Waals surface area contributed by atoms with Crippen LogP contribution in [0.25, 0.3) is 0 Å². The van der Waals surface area contributed by atoms with Crippen molar-refractivity contribution >= 4 is 23.2 Å². The third kappa shape index (κ3) is 5.01. The number of nitrogens with one attached hydrogen (secondary N) is 2. The summed E-state index contributed by atoms with van der Waals surface area (Å²) in [6.07, 6.45) is -0.678. The van der Waals surface area contributed by atoms with E-state index < -0.39 is 6.10 Å². The standard InChI is InChI=1S/C18H20N2O4/c1-12(18(22)20-15-5-4-6-17(11-15)23-3)24-16-9-7-14(8-10-16)19-13(2)21/h4-12H,1-3H3,(H,19,21)(H,20,22). The van der Waals surface area contributed by atoms with Crippen LogP contribution in [0.5, 0.6) is 11.5 Å². The predicted octanol–water partition coefficient (Wildman–Crippen LogP) is 3.06. The molecule has 24 heavy (non-hydrogen) atoms. The molecule has 2 aromatic rings. The number of methoxy groups -OCH3 is 1. The van der Waals surface area contributed by atoms with E-state index in [-0.39, 0.29) is 11.8 Å². The van der Waals surface area contributed by atoms with Crippen LogP contribution in [0.15, 0.2) is 48.5 Å². The SMILES string of the molecule is COc1cccc(NC(=O)C(C)Oc2ccc(NC(C)=O)cc2)c1. The molecule has 1 atom stereocenters. The topological polar surface area (TPSA) is 76.7 Å². The molecule has 1 unspecified atom stereocenters. The third-order valence-corrected chi connectivity index (χ3v) is 3.19. The van der Waals surface area contributed by atoms with Crippen LogP contribution in [0.3, 0.4) is 0 Å². The van der Waals surface area contributed by atoms with Gasteiger partial charge in [0.25, 0.3) is 5.91 Å². The van der Waals surface area contributed by atoms with Gasteiger partial charge in [-0.1, -0.05) is 6.07 Å². The first kappa shape index (κ1) is 17.3. The van der Waals surface area contributed by atoms with E-state index in [1.54, 1.807) is 62.6 Å². The normalized spacial score (nSPS) is 11.3. The van der Waals surface area contributed by atoms with Crippen LogP contribution in [0.4, 0.5) is 11.4 Å². The Hall–Kier alpha value is -3.02. The second-order valence-electron chi connectivity index (χ2n) is 5.19. The summed E-state index contributed by atoms with van der Waals surface area (Å²) in [5.74, 6) is 0.788. The summed E-state index contributed by atoms with van der Waals surface area (Å²) < 4.78 is 10.7. The summed E-state index contributed by atoms with van der Waals surface area (Å²) >= 11 is 0. The maximum atomic E-state index is 12.2. The van der Waals surface area contributed by atoms with Crippen molar-refractivity contribution in [3.05, 3.63) is 48.5 Å². The fourth-order valence-corrected chi connectivity index (χ4v) is 2.02. The lowest BCUT2D eigenvalue weighted by atomic mass is 10.2. The molecule has 0 aliphatic carbocycles. The van der Waals surface area contributed by atoms with Gasteiger partial charge in [-0.3, -0.25) is 9.59 Å². The highest BCUT2D eigenvalue weighted by molar-refractivity contribution is 5.94. The van der Waals surface area contributed by atoms with Gasteiger partial charge in [0.2, 0.25) is 5.91 Å². The third-order valence-electron chi connectivity index (χ3n) is 3.19. The average molecular weight is 328 g/mol. The minimum Gasteiger partial charge on any atom is -0.497 e. The van der Waals surface area contributed by atoms with Crippen molar-refractivity contribution in [2.45, 2.75) is 20.0 Å². The molecule has 0 heterocycles. The van der Waals surface area contributed by atoms with Gasteiger partial charge in [-0.25, -0.2) is 0 Å². The van der Waals surface area contributed by atoms with Crippen LogP contribution >= 0.6 is 0 Å². The fourth-order valence-electron chi connectivity index (χ4n) is 2.02. The number of carbonyl (C=O) groups excluding carboxylic acids is 2. The quantitative estimate of drug-likeness (QED) is 0.854. The number of hydrogen-bond acceptors (Lipinski definition) is 4. The smallest absolute Gasteiger partial charge is 0.265 e. The Morgan fingerprint density at radius 1 is 0.958 bits per heavy atom. The van der Waals surface area contributed by atoms with Gasteiger partial charge in [0, 0.05) is 24.4 Å². The van der Waals surface area contributed by atoms with Crippen molar-refractivity contribution < 1.29 is 19.1 Å². The largest absolute Gasteiger partial charge is 0.497 e. The van der Waals surface area contributed by atoms with E-state index in [2.05, 4.69) is 10.6 Å². The molecule has 0 saturated carbocycles. The Bertz CT molecular complexity index is 713. The fraction of sp³-hybridized carbons (Fsp3) is 0.222. The summed E-state index contributed by atoms with van der Waals surface area (Å²) in [4.78, 5) is 23.2. The summed E-state index contributed by atoms with van der Waals surface area (Å²) in [7, 11) is 1.57. The van der Waals surface area contributed by atoms with Crippen LogP contribution in [-0.2, 0) is 9.59 Å². The van der Waals surface area contributed by atoms with Gasteiger partial charge in [-0.05, 0) is 43.3 Å². The first-order valence-electron chi connectivity index (χ1n) is 7.47.